The first-order chi connectivity index (χ1) is 18.7. The first-order valence-corrected chi connectivity index (χ1v) is 13.0. The van der Waals surface area contributed by atoms with Crippen LogP contribution in [0.15, 0.2) is 36.4 Å². The van der Waals surface area contributed by atoms with E-state index in [1.54, 1.807) is 24.3 Å². The van der Waals surface area contributed by atoms with E-state index in [0.717, 1.165) is 31.7 Å². The molecule has 3 N–H and O–H groups in total. The third-order valence-electron chi connectivity index (χ3n) is 8.15. The fourth-order valence-electron chi connectivity index (χ4n) is 5.63. The highest BCUT2D eigenvalue weighted by Gasteiger charge is 2.48. The van der Waals surface area contributed by atoms with E-state index in [1.807, 2.05) is 6.92 Å². The summed E-state index contributed by atoms with van der Waals surface area (Å²) in [6.07, 6.45) is -0.814. The molecule has 0 aromatic heterocycles. The van der Waals surface area contributed by atoms with Gasteiger partial charge >= 0.3 is 6.18 Å². The topological polar surface area (TPSA) is 86.5 Å². The van der Waals surface area contributed by atoms with Gasteiger partial charge in [0.1, 0.15) is 5.84 Å². The quantitative estimate of drug-likeness (QED) is 0.228. The normalized spacial score (nSPS) is 20.4. The summed E-state index contributed by atoms with van der Waals surface area (Å²) in [7, 11) is 1.46. The lowest BCUT2D eigenvalue weighted by atomic mass is 9.78. The lowest BCUT2D eigenvalue weighted by Crippen LogP contribution is -2.59. The molecule has 2 heterocycles. The third kappa shape index (κ3) is 5.22. The van der Waals surface area contributed by atoms with Crippen LogP contribution in [0.3, 0.4) is 0 Å². The van der Waals surface area contributed by atoms with E-state index in [-0.39, 0.29) is 35.6 Å². The zero-order valence-corrected chi connectivity index (χ0v) is 22.2. The molecule has 1 atom stereocenters. The van der Waals surface area contributed by atoms with Gasteiger partial charge in [-0.2, -0.15) is 13.2 Å². The molecule has 1 aliphatic carbocycles. The maximum atomic E-state index is 14.1. The van der Waals surface area contributed by atoms with Crippen molar-refractivity contribution in [1.29, 1.82) is 10.8 Å². The molecule has 1 amide bonds. The largest absolute Gasteiger partial charge is 0.416 e. The Bertz CT molecular complexity index is 1350. The molecule has 1 unspecified atom stereocenters. The molecule has 1 saturated heterocycles. The highest BCUT2D eigenvalue weighted by Crippen LogP contribution is 2.41. The zero-order chi connectivity index (χ0) is 29.0. The lowest BCUT2D eigenvalue weighted by molar-refractivity contribution is -0.139. The number of amides is 1. The Kier molecular flexibility index (Phi) is 6.98. The van der Waals surface area contributed by atoms with Gasteiger partial charge in [-0.3, -0.25) is 20.5 Å². The van der Waals surface area contributed by atoms with E-state index < -0.39 is 42.7 Å². The number of alkyl halides is 5. The van der Waals surface area contributed by atoms with Crippen LogP contribution in [0, 0.1) is 10.8 Å². The number of carbonyl (C=O) groups is 1. The summed E-state index contributed by atoms with van der Waals surface area (Å²) in [5.41, 5.74) is 0.0290. The van der Waals surface area contributed by atoms with Crippen molar-refractivity contribution in [3.05, 3.63) is 64.2 Å². The van der Waals surface area contributed by atoms with Crippen molar-refractivity contribution in [2.75, 3.05) is 25.0 Å². The summed E-state index contributed by atoms with van der Waals surface area (Å²) in [6, 6.07) is 8.03. The van der Waals surface area contributed by atoms with Crippen molar-refractivity contribution in [2.45, 2.75) is 63.0 Å². The molecule has 5 rings (SSSR count). The van der Waals surface area contributed by atoms with Gasteiger partial charge in [-0.15, -0.1) is 0 Å². The Balaban J connectivity index is 1.46. The molecule has 2 aromatic rings. The average molecular weight is 563 g/mol. The van der Waals surface area contributed by atoms with Gasteiger partial charge in [-0.1, -0.05) is 12.1 Å². The van der Waals surface area contributed by atoms with Gasteiger partial charge in [-0.05, 0) is 67.1 Å². The minimum Gasteiger partial charge on any atom is -0.323 e. The molecular weight excluding hydrogens is 531 g/mol. The van der Waals surface area contributed by atoms with Crippen LogP contribution in [0.2, 0.25) is 0 Å². The second-order valence-corrected chi connectivity index (χ2v) is 11.2. The van der Waals surface area contributed by atoms with Gasteiger partial charge in [0.05, 0.1) is 37.6 Å². The van der Waals surface area contributed by atoms with Gasteiger partial charge in [0.15, 0.2) is 0 Å². The average Bonchev–Trinajstić information content (AvgIpc) is 3.20. The molecule has 12 heteroatoms. The van der Waals surface area contributed by atoms with Gasteiger partial charge in [-0.25, -0.2) is 8.78 Å². The molecule has 0 bridgehead atoms. The van der Waals surface area contributed by atoms with Crippen LogP contribution in [0.5, 0.6) is 0 Å². The third-order valence-corrected chi connectivity index (χ3v) is 8.15. The van der Waals surface area contributed by atoms with Crippen molar-refractivity contribution in [2.24, 2.45) is 0 Å². The number of nitrogens with zero attached hydrogens (tertiary/aromatic N) is 3. The van der Waals surface area contributed by atoms with E-state index >= 15 is 0 Å². The van der Waals surface area contributed by atoms with Crippen LogP contribution in [0.25, 0.3) is 0 Å². The minimum atomic E-state index is -4.65. The van der Waals surface area contributed by atoms with Crippen molar-refractivity contribution in [3.8, 4) is 0 Å². The van der Waals surface area contributed by atoms with E-state index in [9.17, 15) is 26.7 Å². The standard InChI is InChI=1S/C28H31F5N6O/c1-26(7-4-8-26)36-12-17-9-20-21(22(10-17)28(31,32)33)13-39(25(20)40)19-6-3-5-18(11-19)23(24(35)37(2)16-34)38-14-27(29,30)15-38/h3,5-6,9-11,16,23,34-36H,4,7-8,12-15H2,1-2H3. The number of anilines is 1. The molecule has 40 heavy (non-hydrogen) atoms. The molecule has 214 valence electrons. The first-order valence-electron chi connectivity index (χ1n) is 13.0. The summed E-state index contributed by atoms with van der Waals surface area (Å²) in [5, 5.41) is 19.3. The molecule has 0 spiro atoms. The van der Waals surface area contributed by atoms with E-state index in [0.29, 0.717) is 16.8 Å². The lowest BCUT2D eigenvalue weighted by Gasteiger charge is -2.44. The van der Waals surface area contributed by atoms with Crippen molar-refractivity contribution in [1.82, 2.24) is 15.1 Å². The number of hydrogen-bond donors (Lipinski definition) is 3. The first kappa shape index (κ1) is 28.2. The number of halogens is 5. The summed E-state index contributed by atoms with van der Waals surface area (Å²) < 4.78 is 69.9. The highest BCUT2D eigenvalue weighted by molar-refractivity contribution is 6.10. The fourth-order valence-corrected chi connectivity index (χ4v) is 5.63. The summed E-state index contributed by atoms with van der Waals surface area (Å²) in [6.45, 7) is 0.801. The summed E-state index contributed by atoms with van der Waals surface area (Å²) in [4.78, 5) is 17.3. The molecule has 2 aromatic carbocycles. The van der Waals surface area contributed by atoms with Crippen LogP contribution >= 0.6 is 0 Å². The van der Waals surface area contributed by atoms with Crippen molar-refractivity contribution < 1.29 is 26.7 Å². The monoisotopic (exact) mass is 562 g/mol. The maximum absolute atomic E-state index is 14.1. The van der Waals surface area contributed by atoms with Crippen LogP contribution in [-0.4, -0.2) is 59.5 Å². The summed E-state index contributed by atoms with van der Waals surface area (Å²) >= 11 is 0. The maximum Gasteiger partial charge on any atom is 0.416 e. The van der Waals surface area contributed by atoms with Crippen LogP contribution in [0.1, 0.15) is 64.8 Å². The highest BCUT2D eigenvalue weighted by atomic mass is 19.4. The smallest absolute Gasteiger partial charge is 0.323 e. The van der Waals surface area contributed by atoms with E-state index in [4.69, 9.17) is 10.8 Å². The second-order valence-electron chi connectivity index (χ2n) is 11.2. The summed E-state index contributed by atoms with van der Waals surface area (Å²) in [5.74, 6) is -3.59. The van der Waals surface area contributed by atoms with Gasteiger partial charge in [0, 0.05) is 30.4 Å². The van der Waals surface area contributed by atoms with Gasteiger partial charge in [0.2, 0.25) is 0 Å². The number of likely N-dealkylation sites (tertiary alicyclic amines) is 1. The number of nitrogens with one attached hydrogen (secondary N) is 3. The van der Waals surface area contributed by atoms with Gasteiger partial charge < -0.3 is 15.1 Å². The predicted octanol–water partition coefficient (Wildman–Crippen LogP) is 5.41. The Hall–Kier alpha value is -3.38. The van der Waals surface area contributed by atoms with E-state index in [2.05, 4.69) is 5.32 Å². The second kappa shape index (κ2) is 9.91. The molecule has 2 fully saturated rings. The minimum absolute atomic E-state index is 0.00833. The number of benzene rings is 2. The molecule has 1 saturated carbocycles. The molecule has 3 aliphatic rings. The fraction of sp³-hybridized carbons (Fsp3) is 0.464. The zero-order valence-electron chi connectivity index (χ0n) is 22.2. The van der Waals surface area contributed by atoms with Crippen LogP contribution < -0.4 is 10.2 Å². The van der Waals surface area contributed by atoms with Crippen LogP contribution in [-0.2, 0) is 19.3 Å². The Morgan fingerprint density at radius 3 is 2.48 bits per heavy atom. The van der Waals surface area contributed by atoms with Crippen molar-refractivity contribution >= 4 is 23.8 Å². The number of amidine groups is 1. The molecule has 2 aliphatic heterocycles. The molecule has 0 radical (unpaired) electrons. The molecule has 7 nitrogen and oxygen atoms in total. The van der Waals surface area contributed by atoms with Gasteiger partial charge in [0.25, 0.3) is 11.8 Å². The Labute approximate surface area is 228 Å². The molecular formula is C28H31F5N6O. The number of hydrogen-bond acceptors (Lipinski definition) is 5. The number of likely N-dealkylation sites (N-methyl/N-ethyl adjacent to an activating group) is 1. The van der Waals surface area contributed by atoms with Crippen LogP contribution in [0.4, 0.5) is 27.6 Å². The van der Waals surface area contributed by atoms with E-state index in [1.165, 1.54) is 27.8 Å². The Morgan fingerprint density at radius 2 is 1.90 bits per heavy atom. The predicted molar refractivity (Wildman–Crippen MR) is 141 cm³/mol. The Morgan fingerprint density at radius 1 is 1.20 bits per heavy atom. The number of carbonyl (C=O) groups excluding carboxylic acids is 1. The SMILES string of the molecule is CN(C=N)C(=N)C(c1cccc(N2Cc3c(cc(CNC4(C)CCC4)cc3C(F)(F)F)C2=O)c1)N1CC(F)(F)C1. The van der Waals surface area contributed by atoms with Crippen molar-refractivity contribution in [3.63, 3.8) is 0 Å². The number of rotatable bonds is 8. The number of fused-ring (bicyclic) bond motifs is 1.